The first kappa shape index (κ1) is 24.2. The number of amides is 1. The topological polar surface area (TPSA) is 89.2 Å². The number of nitriles is 1. The highest BCUT2D eigenvalue weighted by Gasteiger charge is 2.19. The summed E-state index contributed by atoms with van der Waals surface area (Å²) in [5.41, 5.74) is 4.14. The van der Waals surface area contributed by atoms with Crippen LogP contribution in [0.2, 0.25) is 0 Å². The Bertz CT molecular complexity index is 1230. The molecule has 1 N–H and O–H groups in total. The monoisotopic (exact) mass is 470 g/mol. The molecule has 1 unspecified atom stereocenters. The molecule has 0 bridgehead atoms. The summed E-state index contributed by atoms with van der Waals surface area (Å²) in [5.74, 6) is 0.419. The van der Waals surface area contributed by atoms with Gasteiger partial charge < -0.3 is 14.8 Å². The number of ether oxygens (including phenoxy) is 2. The Labute approximate surface area is 206 Å². The number of benzene rings is 2. The summed E-state index contributed by atoms with van der Waals surface area (Å²) in [4.78, 5) is 12.8. The molecule has 0 radical (unpaired) electrons. The largest absolute Gasteiger partial charge is 0.493 e. The lowest BCUT2D eigenvalue weighted by Gasteiger charge is -2.10. The van der Waals surface area contributed by atoms with Gasteiger partial charge in [-0.05, 0) is 68.2 Å². The number of para-hydroxylation sites is 1. The molecule has 2 aromatic carbocycles. The Kier molecular flexibility index (Phi) is 7.96. The molecule has 1 aliphatic heterocycles. The molecule has 7 nitrogen and oxygen atoms in total. The summed E-state index contributed by atoms with van der Waals surface area (Å²) < 4.78 is 13.2. The van der Waals surface area contributed by atoms with Crippen molar-refractivity contribution in [2.75, 3.05) is 19.8 Å². The van der Waals surface area contributed by atoms with Gasteiger partial charge in [-0.2, -0.15) is 10.4 Å². The Morgan fingerprint density at radius 1 is 1.31 bits per heavy atom. The zero-order chi connectivity index (χ0) is 24.6. The van der Waals surface area contributed by atoms with E-state index in [-0.39, 0.29) is 11.7 Å². The minimum absolute atomic E-state index is 0.00621. The van der Waals surface area contributed by atoms with E-state index in [1.54, 1.807) is 10.8 Å². The average Bonchev–Trinajstić information content (AvgIpc) is 3.56. The SMILES string of the molecule is CCCOc1ccc(-c2nn(-c3ccccc3)cc2C=C(C#N)C(=O)NCC2CCCO2)cc1C. The lowest BCUT2D eigenvalue weighted by atomic mass is 10.0. The van der Waals surface area contributed by atoms with E-state index >= 15 is 0 Å². The molecule has 1 aliphatic rings. The molecule has 7 heteroatoms. The molecular weight excluding hydrogens is 440 g/mol. The highest BCUT2D eigenvalue weighted by molar-refractivity contribution is 6.02. The first-order valence-electron chi connectivity index (χ1n) is 12.0. The molecule has 0 saturated carbocycles. The number of carbonyl (C=O) groups is 1. The van der Waals surface area contributed by atoms with Crippen LogP contribution < -0.4 is 10.1 Å². The number of nitrogens with zero attached hydrogens (tertiary/aromatic N) is 3. The van der Waals surface area contributed by atoms with Gasteiger partial charge in [0.2, 0.25) is 0 Å². The molecule has 0 spiro atoms. The number of aryl methyl sites for hydroxylation is 1. The van der Waals surface area contributed by atoms with E-state index < -0.39 is 5.91 Å². The number of rotatable bonds is 9. The van der Waals surface area contributed by atoms with Crippen molar-refractivity contribution in [3.63, 3.8) is 0 Å². The third-order valence-electron chi connectivity index (χ3n) is 5.85. The van der Waals surface area contributed by atoms with Crippen molar-refractivity contribution in [3.8, 4) is 28.8 Å². The highest BCUT2D eigenvalue weighted by atomic mass is 16.5. The number of carbonyl (C=O) groups excluding carboxylic acids is 1. The van der Waals surface area contributed by atoms with Crippen LogP contribution in [0.1, 0.15) is 37.3 Å². The Morgan fingerprint density at radius 2 is 2.14 bits per heavy atom. The molecule has 180 valence electrons. The van der Waals surface area contributed by atoms with Crippen molar-refractivity contribution in [1.29, 1.82) is 5.26 Å². The molecule has 1 saturated heterocycles. The summed E-state index contributed by atoms with van der Waals surface area (Å²) in [6.45, 7) is 5.83. The van der Waals surface area contributed by atoms with Gasteiger partial charge in [-0.15, -0.1) is 0 Å². The summed E-state index contributed by atoms with van der Waals surface area (Å²) in [7, 11) is 0. The fourth-order valence-corrected chi connectivity index (χ4v) is 4.01. The summed E-state index contributed by atoms with van der Waals surface area (Å²) in [6.07, 6.45) is 6.29. The Hall–Kier alpha value is -3.89. The summed E-state index contributed by atoms with van der Waals surface area (Å²) in [5, 5.41) is 17.4. The molecule has 35 heavy (non-hydrogen) atoms. The first-order valence-corrected chi connectivity index (χ1v) is 12.0. The van der Waals surface area contributed by atoms with Crippen LogP contribution >= 0.6 is 0 Å². The van der Waals surface area contributed by atoms with Crippen LogP contribution in [0.3, 0.4) is 0 Å². The first-order chi connectivity index (χ1) is 17.1. The standard InChI is InChI=1S/C28H30N4O3/c1-3-13-35-26-12-11-21(15-20(26)2)27-23(19-32(31-27)24-8-5-4-6-9-24)16-22(17-29)28(33)30-18-25-10-7-14-34-25/h4-6,8-9,11-12,15-16,19,25H,3,7,10,13-14,18H2,1-2H3,(H,30,33). The van der Waals surface area contributed by atoms with Gasteiger partial charge >= 0.3 is 0 Å². The minimum atomic E-state index is -0.416. The van der Waals surface area contributed by atoms with Gasteiger partial charge in [-0.3, -0.25) is 4.79 Å². The predicted octanol–water partition coefficient (Wildman–Crippen LogP) is 4.84. The van der Waals surface area contributed by atoms with Crippen molar-refractivity contribution in [2.45, 2.75) is 39.2 Å². The number of nitrogens with one attached hydrogen (secondary N) is 1. The van der Waals surface area contributed by atoms with E-state index in [4.69, 9.17) is 14.6 Å². The van der Waals surface area contributed by atoms with Crippen molar-refractivity contribution >= 4 is 12.0 Å². The number of hydrogen-bond acceptors (Lipinski definition) is 5. The van der Waals surface area contributed by atoms with E-state index in [2.05, 4.69) is 12.2 Å². The minimum Gasteiger partial charge on any atom is -0.493 e. The summed E-state index contributed by atoms with van der Waals surface area (Å²) >= 11 is 0. The average molecular weight is 471 g/mol. The molecule has 2 heterocycles. The molecule has 3 aromatic rings. The van der Waals surface area contributed by atoms with Gasteiger partial charge in [0, 0.05) is 30.5 Å². The Balaban J connectivity index is 1.68. The lowest BCUT2D eigenvalue weighted by molar-refractivity contribution is -0.117. The van der Waals surface area contributed by atoms with Crippen molar-refractivity contribution in [3.05, 3.63) is 71.4 Å². The lowest BCUT2D eigenvalue weighted by Crippen LogP contribution is -2.32. The van der Waals surface area contributed by atoms with E-state index in [9.17, 15) is 10.1 Å². The van der Waals surface area contributed by atoms with Crippen LogP contribution in [0.4, 0.5) is 0 Å². The third kappa shape index (κ3) is 5.97. The fourth-order valence-electron chi connectivity index (χ4n) is 4.01. The van der Waals surface area contributed by atoms with Gasteiger partial charge in [-0.1, -0.05) is 25.1 Å². The van der Waals surface area contributed by atoms with Gasteiger partial charge in [0.05, 0.1) is 18.4 Å². The fraction of sp³-hybridized carbons (Fsp3) is 0.321. The van der Waals surface area contributed by atoms with Crippen molar-refractivity contribution < 1.29 is 14.3 Å². The van der Waals surface area contributed by atoms with Gasteiger partial charge in [0.1, 0.15) is 23.1 Å². The number of aromatic nitrogens is 2. The zero-order valence-electron chi connectivity index (χ0n) is 20.2. The van der Waals surface area contributed by atoms with Crippen LogP contribution in [0.15, 0.2) is 60.3 Å². The van der Waals surface area contributed by atoms with Crippen LogP contribution in [0.5, 0.6) is 5.75 Å². The maximum Gasteiger partial charge on any atom is 0.262 e. The van der Waals surface area contributed by atoms with Gasteiger partial charge in [0.15, 0.2) is 0 Å². The maximum absolute atomic E-state index is 12.8. The third-order valence-corrected chi connectivity index (χ3v) is 5.85. The quantitative estimate of drug-likeness (QED) is 0.357. The van der Waals surface area contributed by atoms with Crippen molar-refractivity contribution in [2.24, 2.45) is 0 Å². The van der Waals surface area contributed by atoms with Crippen molar-refractivity contribution in [1.82, 2.24) is 15.1 Å². The molecule has 1 aromatic heterocycles. The predicted molar refractivity (Wildman–Crippen MR) is 135 cm³/mol. The van der Waals surface area contributed by atoms with E-state index in [1.165, 1.54) is 0 Å². The zero-order valence-corrected chi connectivity index (χ0v) is 20.2. The Morgan fingerprint density at radius 3 is 2.83 bits per heavy atom. The second-order valence-corrected chi connectivity index (χ2v) is 8.56. The summed E-state index contributed by atoms with van der Waals surface area (Å²) in [6, 6.07) is 17.7. The number of hydrogen-bond donors (Lipinski definition) is 1. The van der Waals surface area contributed by atoms with Crippen LogP contribution in [-0.2, 0) is 9.53 Å². The molecule has 4 rings (SSSR count). The van der Waals surface area contributed by atoms with Crippen LogP contribution in [0.25, 0.3) is 23.0 Å². The van der Waals surface area contributed by atoms with Gasteiger partial charge in [-0.25, -0.2) is 4.68 Å². The second-order valence-electron chi connectivity index (χ2n) is 8.56. The molecular formula is C28H30N4O3. The molecule has 1 amide bonds. The van der Waals surface area contributed by atoms with E-state index in [0.717, 1.165) is 41.8 Å². The highest BCUT2D eigenvalue weighted by Crippen LogP contribution is 2.30. The normalized spacial score (nSPS) is 15.6. The van der Waals surface area contributed by atoms with E-state index in [0.29, 0.717) is 31.0 Å². The molecule has 1 atom stereocenters. The molecule has 0 aliphatic carbocycles. The van der Waals surface area contributed by atoms with Crippen LogP contribution in [0, 0.1) is 18.3 Å². The smallest absolute Gasteiger partial charge is 0.262 e. The van der Waals surface area contributed by atoms with Gasteiger partial charge in [0.25, 0.3) is 5.91 Å². The molecule has 1 fully saturated rings. The maximum atomic E-state index is 12.8. The van der Waals surface area contributed by atoms with Crippen LogP contribution in [-0.4, -0.2) is 41.6 Å². The second kappa shape index (κ2) is 11.5. The van der Waals surface area contributed by atoms with E-state index in [1.807, 2.05) is 67.7 Å².